The van der Waals surface area contributed by atoms with Crippen LogP contribution in [-0.2, 0) is 6.42 Å². The zero-order chi connectivity index (χ0) is 17.2. The Kier molecular flexibility index (Phi) is 3.89. The van der Waals surface area contributed by atoms with Gasteiger partial charge >= 0.3 is 0 Å². The Morgan fingerprint density at radius 2 is 2.04 bits per heavy atom. The highest BCUT2D eigenvalue weighted by Gasteiger charge is 2.20. The predicted octanol–water partition coefficient (Wildman–Crippen LogP) is 3.11. The zero-order valence-corrected chi connectivity index (χ0v) is 13.8. The summed E-state index contributed by atoms with van der Waals surface area (Å²) >= 11 is 0. The average molecular weight is 335 g/mol. The molecule has 0 unspecified atom stereocenters. The molecule has 0 bridgehead atoms. The Morgan fingerprint density at radius 3 is 2.80 bits per heavy atom. The Bertz CT molecular complexity index is 904. The van der Waals surface area contributed by atoms with Gasteiger partial charge in [0, 0.05) is 30.7 Å². The summed E-state index contributed by atoms with van der Waals surface area (Å²) in [4.78, 5) is 23.1. The van der Waals surface area contributed by atoms with E-state index in [1.54, 1.807) is 13.0 Å². The highest BCUT2D eigenvalue weighted by atomic mass is 16.5. The number of hydrogen-bond acceptors (Lipinski definition) is 6. The Hall–Kier alpha value is -3.22. The summed E-state index contributed by atoms with van der Waals surface area (Å²) in [5.41, 5.74) is 2.79. The molecule has 7 nitrogen and oxygen atoms in total. The van der Waals surface area contributed by atoms with Gasteiger partial charge in [0.1, 0.15) is 5.76 Å². The highest BCUT2D eigenvalue weighted by molar-refractivity contribution is 6.03. The van der Waals surface area contributed by atoms with Crippen LogP contribution in [0.15, 0.2) is 47.2 Å². The second kappa shape index (κ2) is 6.35. The van der Waals surface area contributed by atoms with E-state index in [1.807, 2.05) is 12.1 Å². The molecule has 126 valence electrons. The van der Waals surface area contributed by atoms with E-state index in [4.69, 9.17) is 4.52 Å². The van der Waals surface area contributed by atoms with Crippen molar-refractivity contribution in [3.63, 3.8) is 0 Å². The first-order valence-electron chi connectivity index (χ1n) is 8.13. The molecule has 0 spiro atoms. The number of hydrogen-bond donors (Lipinski definition) is 1. The van der Waals surface area contributed by atoms with Crippen LogP contribution in [0, 0.1) is 6.92 Å². The van der Waals surface area contributed by atoms with Gasteiger partial charge in [0.2, 0.25) is 5.95 Å². The summed E-state index contributed by atoms with van der Waals surface area (Å²) in [7, 11) is 0. The number of amides is 1. The lowest BCUT2D eigenvalue weighted by Gasteiger charge is -2.29. The van der Waals surface area contributed by atoms with Gasteiger partial charge in [-0.3, -0.25) is 4.79 Å². The number of carbonyl (C=O) groups is 1. The number of anilines is 3. The third-order valence-corrected chi connectivity index (χ3v) is 4.12. The van der Waals surface area contributed by atoms with E-state index < -0.39 is 0 Å². The van der Waals surface area contributed by atoms with Crippen LogP contribution in [-0.4, -0.2) is 27.6 Å². The second-order valence-corrected chi connectivity index (χ2v) is 5.93. The smallest absolute Gasteiger partial charge is 0.260 e. The van der Waals surface area contributed by atoms with Gasteiger partial charge in [-0.15, -0.1) is 0 Å². The second-order valence-electron chi connectivity index (χ2n) is 5.93. The maximum Gasteiger partial charge on any atom is 0.260 e. The van der Waals surface area contributed by atoms with Crippen LogP contribution in [0.5, 0.6) is 0 Å². The summed E-state index contributed by atoms with van der Waals surface area (Å²) < 4.78 is 4.93. The SMILES string of the molecule is Cc1cc(NC(=O)c2cnc(N3CCCc4ccccc43)nc2)no1. The van der Waals surface area contributed by atoms with Gasteiger partial charge in [-0.1, -0.05) is 23.4 Å². The van der Waals surface area contributed by atoms with E-state index in [9.17, 15) is 4.79 Å². The summed E-state index contributed by atoms with van der Waals surface area (Å²) in [6.07, 6.45) is 5.17. The molecule has 1 aliphatic heterocycles. The molecule has 1 N–H and O–H groups in total. The van der Waals surface area contributed by atoms with Gasteiger partial charge in [-0.25, -0.2) is 9.97 Å². The average Bonchev–Trinajstić information content (AvgIpc) is 3.06. The van der Waals surface area contributed by atoms with Gasteiger partial charge in [0.05, 0.1) is 5.56 Å². The lowest BCUT2D eigenvalue weighted by atomic mass is 10.0. The molecule has 0 saturated carbocycles. The standard InChI is InChI=1S/C18H17N5O2/c1-12-9-16(22-25-12)21-17(24)14-10-19-18(20-11-14)23-8-4-6-13-5-2-3-7-15(13)23/h2-3,5,7,9-11H,4,6,8H2,1H3,(H,21,22,24). The first-order chi connectivity index (χ1) is 12.2. The zero-order valence-electron chi connectivity index (χ0n) is 13.8. The molecule has 0 atom stereocenters. The number of aromatic nitrogens is 3. The number of nitrogens with one attached hydrogen (secondary N) is 1. The van der Waals surface area contributed by atoms with Crippen molar-refractivity contribution >= 4 is 23.4 Å². The molecule has 0 aliphatic carbocycles. The minimum absolute atomic E-state index is 0.320. The fourth-order valence-electron chi connectivity index (χ4n) is 2.93. The summed E-state index contributed by atoms with van der Waals surface area (Å²) in [5.74, 6) is 1.28. The van der Waals surface area contributed by atoms with E-state index in [1.165, 1.54) is 18.0 Å². The van der Waals surface area contributed by atoms with Crippen molar-refractivity contribution in [2.45, 2.75) is 19.8 Å². The molecule has 0 radical (unpaired) electrons. The first-order valence-corrected chi connectivity index (χ1v) is 8.13. The van der Waals surface area contributed by atoms with Crippen LogP contribution in [0.25, 0.3) is 0 Å². The van der Waals surface area contributed by atoms with Crippen molar-refractivity contribution in [3.05, 3.63) is 59.6 Å². The molecule has 3 heterocycles. The lowest BCUT2D eigenvalue weighted by molar-refractivity contribution is 0.102. The van der Waals surface area contributed by atoms with E-state index in [-0.39, 0.29) is 5.91 Å². The number of para-hydroxylation sites is 1. The van der Waals surface area contributed by atoms with Gasteiger partial charge in [0.15, 0.2) is 5.82 Å². The van der Waals surface area contributed by atoms with Crippen LogP contribution in [0.3, 0.4) is 0 Å². The quantitative estimate of drug-likeness (QED) is 0.792. The number of carbonyl (C=O) groups excluding carboxylic acids is 1. The molecule has 7 heteroatoms. The lowest BCUT2D eigenvalue weighted by Crippen LogP contribution is -2.26. The summed E-state index contributed by atoms with van der Waals surface area (Å²) in [5, 5.41) is 6.40. The maximum absolute atomic E-state index is 12.2. The number of fused-ring (bicyclic) bond motifs is 1. The minimum Gasteiger partial charge on any atom is -0.360 e. The van der Waals surface area contributed by atoms with Crippen molar-refractivity contribution in [1.29, 1.82) is 0 Å². The monoisotopic (exact) mass is 335 g/mol. The van der Waals surface area contributed by atoms with Gasteiger partial charge in [-0.2, -0.15) is 0 Å². The van der Waals surface area contributed by atoms with Crippen LogP contribution in [0.1, 0.15) is 28.1 Å². The topological polar surface area (TPSA) is 84.2 Å². The largest absolute Gasteiger partial charge is 0.360 e. The van der Waals surface area contributed by atoms with E-state index in [2.05, 4.69) is 37.5 Å². The van der Waals surface area contributed by atoms with E-state index in [0.29, 0.717) is 23.1 Å². The molecule has 25 heavy (non-hydrogen) atoms. The van der Waals surface area contributed by atoms with Crippen LogP contribution >= 0.6 is 0 Å². The Morgan fingerprint density at radius 1 is 1.24 bits per heavy atom. The molecule has 1 aliphatic rings. The first kappa shape index (κ1) is 15.3. The minimum atomic E-state index is -0.320. The van der Waals surface area contributed by atoms with Gasteiger partial charge in [0.25, 0.3) is 5.91 Å². The maximum atomic E-state index is 12.2. The number of rotatable bonds is 3. The summed E-state index contributed by atoms with van der Waals surface area (Å²) in [6.45, 7) is 2.62. The fraction of sp³-hybridized carbons (Fsp3) is 0.222. The van der Waals surface area contributed by atoms with Crippen molar-refractivity contribution in [2.24, 2.45) is 0 Å². The number of nitrogens with zero attached hydrogens (tertiary/aromatic N) is 4. The Labute approximate surface area is 144 Å². The molecule has 3 aromatic rings. The molecule has 1 aromatic carbocycles. The third kappa shape index (κ3) is 3.08. The van der Waals surface area contributed by atoms with Crippen molar-refractivity contribution in [2.75, 3.05) is 16.8 Å². The third-order valence-electron chi connectivity index (χ3n) is 4.12. The molecule has 0 saturated heterocycles. The summed E-state index contributed by atoms with van der Waals surface area (Å²) in [6, 6.07) is 9.91. The molecule has 4 rings (SSSR count). The van der Waals surface area contributed by atoms with Crippen LogP contribution < -0.4 is 10.2 Å². The molecular formula is C18H17N5O2. The van der Waals surface area contributed by atoms with Crippen LogP contribution in [0.4, 0.5) is 17.5 Å². The van der Waals surface area contributed by atoms with Crippen molar-refractivity contribution < 1.29 is 9.32 Å². The molecule has 0 fully saturated rings. The molecule has 1 amide bonds. The van der Waals surface area contributed by atoms with E-state index >= 15 is 0 Å². The van der Waals surface area contributed by atoms with Crippen molar-refractivity contribution in [1.82, 2.24) is 15.1 Å². The van der Waals surface area contributed by atoms with Crippen molar-refractivity contribution in [3.8, 4) is 0 Å². The molecular weight excluding hydrogens is 318 g/mol. The predicted molar refractivity (Wildman–Crippen MR) is 93.0 cm³/mol. The highest BCUT2D eigenvalue weighted by Crippen LogP contribution is 2.31. The number of benzene rings is 1. The van der Waals surface area contributed by atoms with Crippen LogP contribution in [0.2, 0.25) is 0 Å². The van der Waals surface area contributed by atoms with E-state index in [0.717, 1.165) is 25.1 Å². The normalized spacial score (nSPS) is 13.4. The fourth-order valence-corrected chi connectivity index (χ4v) is 2.93. The molecule has 2 aromatic heterocycles. The van der Waals surface area contributed by atoms with Gasteiger partial charge < -0.3 is 14.7 Å². The number of aryl methyl sites for hydroxylation is 2. The van der Waals surface area contributed by atoms with Gasteiger partial charge in [-0.05, 0) is 31.4 Å². The Balaban J connectivity index is 1.54.